The number of nitrogens with two attached hydrogens (primary N) is 1. The van der Waals surface area contributed by atoms with Crippen molar-refractivity contribution in [3.05, 3.63) is 58.7 Å². The Morgan fingerprint density at radius 2 is 1.36 bits per heavy atom. The molecule has 0 aliphatic rings. The Morgan fingerprint density at radius 3 is 1.77 bits per heavy atom. The second-order valence-electron chi connectivity index (χ2n) is 4.58. The summed E-state index contributed by atoms with van der Waals surface area (Å²) in [5.41, 5.74) is 7.94. The summed E-state index contributed by atoms with van der Waals surface area (Å²) in [6.45, 7) is 3.44. The lowest BCUT2D eigenvalue weighted by Gasteiger charge is -2.02. The third-order valence-electron chi connectivity index (χ3n) is 3.14. The summed E-state index contributed by atoms with van der Waals surface area (Å²) in [6, 6.07) is 9.86. The van der Waals surface area contributed by atoms with Gasteiger partial charge in [0, 0.05) is 10.6 Å². The molecule has 0 saturated carbocycles. The van der Waals surface area contributed by atoms with Gasteiger partial charge in [-0.25, -0.2) is 9.59 Å². The number of thiol groups is 1. The second kappa shape index (κ2) is 7.51. The fourth-order valence-electron chi connectivity index (χ4n) is 1.74. The van der Waals surface area contributed by atoms with Gasteiger partial charge in [0.2, 0.25) is 0 Å². The molecule has 0 heterocycles. The minimum absolute atomic E-state index is 0.269. The Kier molecular flexibility index (Phi) is 6.00. The zero-order chi connectivity index (χ0) is 16.9. The van der Waals surface area contributed by atoms with Crippen molar-refractivity contribution in [1.82, 2.24) is 0 Å². The highest BCUT2D eigenvalue weighted by Gasteiger charge is 2.07. The van der Waals surface area contributed by atoms with Gasteiger partial charge < -0.3 is 15.9 Å². The number of benzene rings is 2. The fourth-order valence-corrected chi connectivity index (χ4v) is 1.95. The molecular weight excluding hydrogens is 302 g/mol. The third-order valence-corrected chi connectivity index (χ3v) is 3.63. The van der Waals surface area contributed by atoms with Gasteiger partial charge in [-0.3, -0.25) is 0 Å². The van der Waals surface area contributed by atoms with Gasteiger partial charge in [-0.15, -0.1) is 12.6 Å². The molecule has 22 heavy (non-hydrogen) atoms. The van der Waals surface area contributed by atoms with Gasteiger partial charge in [-0.05, 0) is 49.2 Å². The first-order valence-electron chi connectivity index (χ1n) is 6.36. The topological polar surface area (TPSA) is 101 Å². The van der Waals surface area contributed by atoms with E-state index in [1.165, 1.54) is 6.07 Å². The van der Waals surface area contributed by atoms with Crippen LogP contribution < -0.4 is 5.73 Å². The summed E-state index contributed by atoms with van der Waals surface area (Å²) >= 11 is 4.10. The molecule has 0 saturated heterocycles. The molecule has 0 spiro atoms. The SMILES string of the molecule is Cc1c(N)cccc1C(=O)O.Cc1c(S)cccc1C(=O)O. The number of carboxylic acid groups (broad SMARTS) is 2. The van der Waals surface area contributed by atoms with Crippen LogP contribution in [-0.2, 0) is 0 Å². The molecule has 0 aliphatic carbocycles. The molecule has 0 unspecified atom stereocenters. The molecular formula is C16H17NO4S. The Bertz CT molecular complexity index is 652. The van der Waals surface area contributed by atoms with Crippen LogP contribution >= 0.6 is 12.6 Å². The average Bonchev–Trinajstić information content (AvgIpc) is 2.45. The molecule has 0 aliphatic heterocycles. The van der Waals surface area contributed by atoms with Gasteiger partial charge in [-0.1, -0.05) is 12.1 Å². The summed E-state index contributed by atoms with van der Waals surface area (Å²) in [5.74, 6) is -1.84. The second-order valence-corrected chi connectivity index (χ2v) is 5.06. The molecule has 2 aromatic carbocycles. The zero-order valence-electron chi connectivity index (χ0n) is 12.2. The minimum Gasteiger partial charge on any atom is -0.478 e. The minimum atomic E-state index is -0.935. The number of carboxylic acids is 2. The van der Waals surface area contributed by atoms with Crippen molar-refractivity contribution < 1.29 is 19.8 Å². The van der Waals surface area contributed by atoms with Gasteiger partial charge in [0.05, 0.1) is 11.1 Å². The quantitative estimate of drug-likeness (QED) is 0.503. The van der Waals surface area contributed by atoms with Crippen LogP contribution in [0, 0.1) is 13.8 Å². The van der Waals surface area contributed by atoms with Crippen LogP contribution in [0.15, 0.2) is 41.3 Å². The highest BCUT2D eigenvalue weighted by molar-refractivity contribution is 7.80. The Morgan fingerprint density at radius 1 is 0.909 bits per heavy atom. The lowest BCUT2D eigenvalue weighted by Crippen LogP contribution is -2.01. The highest BCUT2D eigenvalue weighted by atomic mass is 32.1. The number of hydrogen-bond acceptors (Lipinski definition) is 4. The average molecular weight is 319 g/mol. The maximum atomic E-state index is 10.5. The van der Waals surface area contributed by atoms with Crippen molar-refractivity contribution in [1.29, 1.82) is 0 Å². The number of carbonyl (C=O) groups is 2. The van der Waals surface area contributed by atoms with E-state index in [9.17, 15) is 9.59 Å². The molecule has 0 atom stereocenters. The summed E-state index contributed by atoms with van der Waals surface area (Å²) in [4.78, 5) is 21.8. The first-order valence-corrected chi connectivity index (χ1v) is 6.80. The predicted octanol–water partition coefficient (Wildman–Crippen LogP) is 3.26. The van der Waals surface area contributed by atoms with Crippen LogP contribution in [0.4, 0.5) is 5.69 Å². The summed E-state index contributed by atoms with van der Waals surface area (Å²) in [5, 5.41) is 17.3. The molecule has 0 fully saturated rings. The molecule has 0 aromatic heterocycles. The van der Waals surface area contributed by atoms with E-state index < -0.39 is 11.9 Å². The van der Waals surface area contributed by atoms with E-state index in [1.807, 2.05) is 0 Å². The van der Waals surface area contributed by atoms with Crippen LogP contribution in [0.2, 0.25) is 0 Å². The van der Waals surface area contributed by atoms with Gasteiger partial charge in [0.15, 0.2) is 0 Å². The smallest absolute Gasteiger partial charge is 0.336 e. The predicted molar refractivity (Wildman–Crippen MR) is 87.9 cm³/mol. The van der Waals surface area contributed by atoms with Gasteiger partial charge in [0.1, 0.15) is 0 Å². The van der Waals surface area contributed by atoms with Crippen molar-refractivity contribution in [2.45, 2.75) is 18.7 Å². The summed E-state index contributed by atoms with van der Waals surface area (Å²) < 4.78 is 0. The van der Waals surface area contributed by atoms with Crippen LogP contribution in [-0.4, -0.2) is 22.2 Å². The zero-order valence-corrected chi connectivity index (χ0v) is 13.1. The monoisotopic (exact) mass is 319 g/mol. The lowest BCUT2D eigenvalue weighted by molar-refractivity contribution is 0.0685. The van der Waals surface area contributed by atoms with E-state index in [2.05, 4.69) is 12.6 Å². The molecule has 2 rings (SSSR count). The van der Waals surface area contributed by atoms with Crippen molar-refractivity contribution >= 4 is 30.3 Å². The van der Waals surface area contributed by atoms with Gasteiger partial charge in [-0.2, -0.15) is 0 Å². The first-order chi connectivity index (χ1) is 10.3. The Labute approximate surface area is 133 Å². The molecule has 116 valence electrons. The number of anilines is 1. The molecule has 0 amide bonds. The molecule has 4 N–H and O–H groups in total. The van der Waals surface area contributed by atoms with Crippen LogP contribution in [0.3, 0.4) is 0 Å². The van der Waals surface area contributed by atoms with E-state index in [0.717, 1.165) is 0 Å². The Balaban J connectivity index is 0.000000220. The molecule has 0 radical (unpaired) electrons. The van der Waals surface area contributed by atoms with Crippen molar-refractivity contribution in [3.8, 4) is 0 Å². The number of rotatable bonds is 2. The van der Waals surface area contributed by atoms with Crippen molar-refractivity contribution in [3.63, 3.8) is 0 Å². The van der Waals surface area contributed by atoms with Crippen LogP contribution in [0.5, 0.6) is 0 Å². The van der Waals surface area contributed by atoms with Gasteiger partial charge in [0.25, 0.3) is 0 Å². The maximum Gasteiger partial charge on any atom is 0.336 e. The number of aromatic carboxylic acids is 2. The molecule has 5 nitrogen and oxygen atoms in total. The van der Waals surface area contributed by atoms with E-state index in [1.54, 1.807) is 44.2 Å². The van der Waals surface area contributed by atoms with Crippen molar-refractivity contribution in [2.24, 2.45) is 0 Å². The molecule has 2 aromatic rings. The van der Waals surface area contributed by atoms with Crippen LogP contribution in [0.25, 0.3) is 0 Å². The van der Waals surface area contributed by atoms with E-state index in [4.69, 9.17) is 15.9 Å². The van der Waals surface area contributed by atoms with E-state index in [0.29, 0.717) is 27.3 Å². The normalized spacial score (nSPS) is 9.59. The fraction of sp³-hybridized carbons (Fsp3) is 0.125. The van der Waals surface area contributed by atoms with Gasteiger partial charge >= 0.3 is 11.9 Å². The van der Waals surface area contributed by atoms with Crippen LogP contribution in [0.1, 0.15) is 31.8 Å². The first kappa shape index (κ1) is 17.6. The molecule has 6 heteroatoms. The molecule has 0 bridgehead atoms. The summed E-state index contributed by atoms with van der Waals surface area (Å²) in [7, 11) is 0. The Hall–Kier alpha value is -2.47. The van der Waals surface area contributed by atoms with E-state index >= 15 is 0 Å². The standard InChI is InChI=1S/C8H9NO2.C8H8O2S/c1-5-6(8(10)11)3-2-4-7(5)9;1-5-6(8(9)10)3-2-4-7(5)11/h2-4H,9H2,1H3,(H,10,11);2-4,11H,1H3,(H,9,10). The van der Waals surface area contributed by atoms with Crippen molar-refractivity contribution in [2.75, 3.05) is 5.73 Å². The number of nitrogen functional groups attached to an aromatic ring is 1. The number of hydrogen-bond donors (Lipinski definition) is 4. The van der Waals surface area contributed by atoms with E-state index in [-0.39, 0.29) is 5.56 Å². The maximum absolute atomic E-state index is 10.5. The lowest BCUT2D eigenvalue weighted by atomic mass is 10.1. The highest BCUT2D eigenvalue weighted by Crippen LogP contribution is 2.16. The third kappa shape index (κ3) is 4.26. The summed E-state index contributed by atoms with van der Waals surface area (Å²) in [6.07, 6.45) is 0. The largest absolute Gasteiger partial charge is 0.478 e.